The Kier molecular flexibility index (Phi) is 5.55. The van der Waals surface area contributed by atoms with Gasteiger partial charge >= 0.3 is 0 Å². The summed E-state index contributed by atoms with van der Waals surface area (Å²) >= 11 is 0. The summed E-state index contributed by atoms with van der Waals surface area (Å²) in [5, 5.41) is 5.24. The zero-order chi connectivity index (χ0) is 19.4. The van der Waals surface area contributed by atoms with E-state index in [0.29, 0.717) is 0 Å². The molecule has 2 unspecified atom stereocenters. The predicted octanol–water partition coefficient (Wildman–Crippen LogP) is 3.40. The molecule has 1 aromatic heterocycles. The standard InChI is InChI=1S/C22H25N5/c1-6-8-17-10-12-18(13-11-17)20(23-4)15(2)25-22-19-9-7-14-24-21(19)16(3)27(5)26-22/h7-15,20,23H,1,3H2,2,4-5H3,(H,25,26). The molecule has 27 heavy (non-hydrogen) atoms. The SMILES string of the molecule is C=C=Cc1ccc(C(NC)C(C)N=C2NN(C)C(=C)c3ncccc32)cc1. The molecule has 1 aliphatic rings. The van der Waals surface area contributed by atoms with Crippen molar-refractivity contribution in [2.75, 3.05) is 14.1 Å². The van der Waals surface area contributed by atoms with Crippen molar-refractivity contribution in [3.8, 4) is 0 Å². The molecule has 138 valence electrons. The first-order chi connectivity index (χ1) is 13.0. The monoisotopic (exact) mass is 359 g/mol. The second kappa shape index (κ2) is 8.04. The molecule has 2 atom stereocenters. The third-order valence-electron chi connectivity index (χ3n) is 4.71. The first kappa shape index (κ1) is 18.6. The molecule has 0 spiro atoms. The molecule has 1 aromatic carbocycles. The van der Waals surface area contributed by atoms with Crippen LogP contribution in [0.2, 0.25) is 0 Å². The summed E-state index contributed by atoms with van der Waals surface area (Å²) in [4.78, 5) is 9.42. The van der Waals surface area contributed by atoms with Crippen LogP contribution in [0, 0.1) is 0 Å². The Morgan fingerprint density at radius 1 is 1.30 bits per heavy atom. The molecular weight excluding hydrogens is 334 g/mol. The van der Waals surface area contributed by atoms with Crippen molar-refractivity contribution in [3.05, 3.63) is 83.9 Å². The number of hydrogen-bond acceptors (Lipinski definition) is 4. The van der Waals surface area contributed by atoms with Gasteiger partial charge in [-0.1, -0.05) is 37.4 Å². The second-order valence-corrected chi connectivity index (χ2v) is 6.52. The lowest BCUT2D eigenvalue weighted by Gasteiger charge is -2.32. The fourth-order valence-electron chi connectivity index (χ4n) is 3.25. The van der Waals surface area contributed by atoms with Crippen molar-refractivity contribution in [3.63, 3.8) is 0 Å². The first-order valence-corrected chi connectivity index (χ1v) is 8.91. The highest BCUT2D eigenvalue weighted by Gasteiger charge is 2.24. The number of benzene rings is 1. The summed E-state index contributed by atoms with van der Waals surface area (Å²) in [7, 11) is 3.87. The lowest BCUT2D eigenvalue weighted by molar-refractivity contribution is 0.419. The van der Waals surface area contributed by atoms with Gasteiger partial charge in [-0.25, -0.2) is 0 Å². The fourth-order valence-corrected chi connectivity index (χ4v) is 3.25. The van der Waals surface area contributed by atoms with Gasteiger partial charge < -0.3 is 5.32 Å². The zero-order valence-corrected chi connectivity index (χ0v) is 16.0. The van der Waals surface area contributed by atoms with E-state index in [2.05, 4.69) is 65.8 Å². The van der Waals surface area contributed by atoms with Crippen LogP contribution in [0.1, 0.15) is 35.3 Å². The number of pyridine rings is 1. The number of fused-ring (bicyclic) bond motifs is 1. The largest absolute Gasteiger partial charge is 0.311 e. The normalized spacial score (nSPS) is 16.9. The molecule has 5 heteroatoms. The van der Waals surface area contributed by atoms with Crippen molar-refractivity contribution in [1.29, 1.82) is 0 Å². The lowest BCUT2D eigenvalue weighted by Crippen LogP contribution is -2.44. The van der Waals surface area contributed by atoms with Crippen LogP contribution in [-0.2, 0) is 0 Å². The first-order valence-electron chi connectivity index (χ1n) is 8.91. The molecule has 2 aromatic rings. The number of nitrogens with one attached hydrogen (secondary N) is 2. The minimum Gasteiger partial charge on any atom is -0.311 e. The molecule has 0 saturated heterocycles. The molecule has 0 bridgehead atoms. The van der Waals surface area contributed by atoms with Crippen LogP contribution in [-0.4, -0.2) is 36.0 Å². The molecule has 1 aliphatic heterocycles. The van der Waals surface area contributed by atoms with Crippen LogP contribution < -0.4 is 10.7 Å². The number of likely N-dealkylation sites (N-methyl/N-ethyl adjacent to an activating group) is 1. The van der Waals surface area contributed by atoms with E-state index in [0.717, 1.165) is 28.4 Å². The Morgan fingerprint density at radius 2 is 2.04 bits per heavy atom. The average Bonchev–Trinajstić information content (AvgIpc) is 2.68. The summed E-state index contributed by atoms with van der Waals surface area (Å²) in [6, 6.07) is 12.4. The van der Waals surface area contributed by atoms with Crippen LogP contribution in [0.25, 0.3) is 11.8 Å². The molecule has 5 nitrogen and oxygen atoms in total. The average molecular weight is 359 g/mol. The van der Waals surface area contributed by atoms with Crippen LogP contribution in [0.3, 0.4) is 0 Å². The highest BCUT2D eigenvalue weighted by molar-refractivity contribution is 6.04. The van der Waals surface area contributed by atoms with Gasteiger partial charge in [-0.2, -0.15) is 0 Å². The summed E-state index contributed by atoms with van der Waals surface area (Å²) in [5.74, 6) is 0.798. The van der Waals surface area contributed by atoms with E-state index < -0.39 is 0 Å². The Bertz CT molecular complexity index is 907. The number of rotatable bonds is 5. The summed E-state index contributed by atoms with van der Waals surface area (Å²) in [5.41, 5.74) is 11.0. The highest BCUT2D eigenvalue weighted by atomic mass is 15.5. The molecule has 0 radical (unpaired) electrons. The van der Waals surface area contributed by atoms with Crippen molar-refractivity contribution in [2.24, 2.45) is 4.99 Å². The number of nitrogens with zero attached hydrogens (tertiary/aromatic N) is 3. The smallest absolute Gasteiger partial charge is 0.149 e. The molecular formula is C22H25N5. The number of hydrazine groups is 1. The van der Waals surface area contributed by atoms with Gasteiger partial charge in [0.15, 0.2) is 0 Å². The molecule has 0 saturated carbocycles. The van der Waals surface area contributed by atoms with Crippen LogP contribution in [0.5, 0.6) is 0 Å². The number of aliphatic imine (C=N–C) groups is 1. The van der Waals surface area contributed by atoms with Gasteiger partial charge in [0.05, 0.1) is 23.5 Å². The van der Waals surface area contributed by atoms with E-state index in [1.165, 1.54) is 5.56 Å². The maximum Gasteiger partial charge on any atom is 0.149 e. The zero-order valence-electron chi connectivity index (χ0n) is 16.0. The molecule has 3 rings (SSSR count). The Balaban J connectivity index is 1.92. The minimum absolute atomic E-state index is 0.00566. The highest BCUT2D eigenvalue weighted by Crippen LogP contribution is 2.24. The third kappa shape index (κ3) is 3.85. The van der Waals surface area contributed by atoms with E-state index in [9.17, 15) is 0 Å². The second-order valence-electron chi connectivity index (χ2n) is 6.52. The van der Waals surface area contributed by atoms with Gasteiger partial charge in [0.25, 0.3) is 0 Å². The molecule has 0 amide bonds. The quantitative estimate of drug-likeness (QED) is 0.804. The van der Waals surface area contributed by atoms with Crippen LogP contribution >= 0.6 is 0 Å². The van der Waals surface area contributed by atoms with Gasteiger partial charge in [-0.15, -0.1) is 5.73 Å². The van der Waals surface area contributed by atoms with Crippen LogP contribution in [0.15, 0.2) is 66.5 Å². The topological polar surface area (TPSA) is 52.6 Å². The van der Waals surface area contributed by atoms with E-state index in [4.69, 9.17) is 4.99 Å². The van der Waals surface area contributed by atoms with Crippen LogP contribution in [0.4, 0.5) is 0 Å². The van der Waals surface area contributed by atoms with Gasteiger partial charge in [-0.05, 0) is 43.3 Å². The molecule has 2 N–H and O–H groups in total. The van der Waals surface area contributed by atoms with E-state index in [1.807, 2.05) is 37.3 Å². The van der Waals surface area contributed by atoms with E-state index in [1.54, 1.807) is 6.20 Å². The summed E-state index contributed by atoms with van der Waals surface area (Å²) in [6.07, 6.45) is 3.64. The number of amidine groups is 1. The maximum atomic E-state index is 4.96. The molecule has 0 aliphatic carbocycles. The summed E-state index contributed by atoms with van der Waals surface area (Å²) in [6.45, 7) is 9.82. The van der Waals surface area contributed by atoms with Gasteiger partial charge in [0, 0.05) is 18.8 Å². The van der Waals surface area contributed by atoms with E-state index in [-0.39, 0.29) is 12.1 Å². The van der Waals surface area contributed by atoms with Crippen molar-refractivity contribution in [2.45, 2.75) is 19.0 Å². The van der Waals surface area contributed by atoms with Gasteiger partial charge in [0.2, 0.25) is 0 Å². The van der Waals surface area contributed by atoms with Gasteiger partial charge in [-0.3, -0.25) is 20.4 Å². The maximum absolute atomic E-state index is 4.96. The number of hydrogen-bond donors (Lipinski definition) is 2. The van der Waals surface area contributed by atoms with E-state index >= 15 is 0 Å². The predicted molar refractivity (Wildman–Crippen MR) is 112 cm³/mol. The van der Waals surface area contributed by atoms with Crippen molar-refractivity contribution >= 4 is 17.6 Å². The van der Waals surface area contributed by atoms with Crippen molar-refractivity contribution in [1.82, 2.24) is 20.7 Å². The Labute approximate surface area is 160 Å². The molecule has 0 fully saturated rings. The third-order valence-corrected chi connectivity index (χ3v) is 4.71. The summed E-state index contributed by atoms with van der Waals surface area (Å²) < 4.78 is 0. The Hall–Kier alpha value is -3.14. The minimum atomic E-state index is 0.00566. The molecule has 2 heterocycles. The number of aromatic nitrogens is 1. The van der Waals surface area contributed by atoms with Crippen molar-refractivity contribution < 1.29 is 0 Å². The van der Waals surface area contributed by atoms with Gasteiger partial charge in [0.1, 0.15) is 5.84 Å². The Morgan fingerprint density at radius 3 is 2.70 bits per heavy atom. The lowest BCUT2D eigenvalue weighted by atomic mass is 9.99. The fraction of sp³-hybridized carbons (Fsp3) is 0.227.